The summed E-state index contributed by atoms with van der Waals surface area (Å²) < 4.78 is 27.9. The van der Waals surface area contributed by atoms with Crippen molar-refractivity contribution in [3.8, 4) is 0 Å². The standard InChI is InChI=1S/C21H23ClN2O3S2/c1-4-24-18-13-14(2)12-15(3)20(18)28-21(24)23-19(25)6-5-11-29(26,27)17-9-7-16(22)8-10-17/h7-10,12-13H,4-6,11H2,1-3H3. The lowest BCUT2D eigenvalue weighted by molar-refractivity contribution is -0.118. The Kier molecular flexibility index (Phi) is 6.61. The van der Waals surface area contributed by atoms with E-state index in [1.165, 1.54) is 29.0 Å². The molecule has 0 atom stereocenters. The fraction of sp³-hybridized carbons (Fsp3) is 0.333. The first-order valence-electron chi connectivity index (χ1n) is 9.37. The van der Waals surface area contributed by atoms with Gasteiger partial charge in [0.05, 0.1) is 20.9 Å². The summed E-state index contributed by atoms with van der Waals surface area (Å²) in [5.74, 6) is -0.409. The molecule has 0 aliphatic carbocycles. The summed E-state index contributed by atoms with van der Waals surface area (Å²) in [7, 11) is -3.44. The van der Waals surface area contributed by atoms with Gasteiger partial charge in [0.25, 0.3) is 0 Å². The number of nitrogens with zero attached hydrogens (tertiary/aromatic N) is 2. The van der Waals surface area contributed by atoms with E-state index in [1.54, 1.807) is 12.1 Å². The van der Waals surface area contributed by atoms with Crippen LogP contribution in [0.5, 0.6) is 0 Å². The van der Waals surface area contributed by atoms with Crippen molar-refractivity contribution in [3.05, 3.63) is 57.3 Å². The van der Waals surface area contributed by atoms with Crippen molar-refractivity contribution in [1.29, 1.82) is 0 Å². The third-order valence-corrected chi connectivity index (χ3v) is 7.93. The molecule has 0 unspecified atom stereocenters. The van der Waals surface area contributed by atoms with E-state index >= 15 is 0 Å². The topological polar surface area (TPSA) is 68.5 Å². The molecule has 0 saturated heterocycles. The molecule has 1 amide bonds. The Balaban J connectivity index is 1.76. The number of thiazole rings is 1. The number of aromatic nitrogens is 1. The van der Waals surface area contributed by atoms with Gasteiger partial charge in [0.1, 0.15) is 0 Å². The summed E-state index contributed by atoms with van der Waals surface area (Å²) in [6.45, 7) is 6.83. The molecule has 3 rings (SSSR count). The zero-order valence-corrected chi connectivity index (χ0v) is 19.0. The van der Waals surface area contributed by atoms with Crippen LogP contribution in [0.2, 0.25) is 5.02 Å². The lowest BCUT2D eigenvalue weighted by Gasteiger charge is -2.04. The van der Waals surface area contributed by atoms with Crippen LogP contribution in [0.3, 0.4) is 0 Å². The van der Waals surface area contributed by atoms with Crippen LogP contribution >= 0.6 is 22.9 Å². The minimum Gasteiger partial charge on any atom is -0.317 e. The molecule has 0 N–H and O–H groups in total. The SMILES string of the molecule is CCn1c(=NC(=O)CCCS(=O)(=O)c2ccc(Cl)cc2)sc2c(C)cc(C)cc21. The predicted molar refractivity (Wildman–Crippen MR) is 118 cm³/mol. The number of fused-ring (bicyclic) bond motifs is 1. The largest absolute Gasteiger partial charge is 0.317 e. The fourth-order valence-corrected chi connectivity index (χ4v) is 5.84. The van der Waals surface area contributed by atoms with Crippen molar-refractivity contribution >= 4 is 48.9 Å². The lowest BCUT2D eigenvalue weighted by atomic mass is 10.1. The number of hydrogen-bond donors (Lipinski definition) is 0. The summed E-state index contributed by atoms with van der Waals surface area (Å²) in [6.07, 6.45) is 0.311. The van der Waals surface area contributed by atoms with Gasteiger partial charge < -0.3 is 4.57 Å². The maximum atomic E-state index is 12.4. The second-order valence-corrected chi connectivity index (χ2v) is 10.5. The van der Waals surface area contributed by atoms with Crippen molar-refractivity contribution in [2.45, 2.75) is 45.1 Å². The van der Waals surface area contributed by atoms with E-state index in [2.05, 4.69) is 24.0 Å². The molecule has 0 spiro atoms. The Hall–Kier alpha value is -1.96. The molecule has 0 bridgehead atoms. The van der Waals surface area contributed by atoms with E-state index in [1.807, 2.05) is 18.4 Å². The number of aryl methyl sites for hydroxylation is 3. The van der Waals surface area contributed by atoms with Gasteiger partial charge in [0.2, 0.25) is 5.91 Å². The highest BCUT2D eigenvalue weighted by molar-refractivity contribution is 7.91. The number of halogens is 1. The maximum absolute atomic E-state index is 12.4. The van der Waals surface area contributed by atoms with Crippen LogP contribution in [0.1, 0.15) is 30.9 Å². The summed E-state index contributed by atoms with van der Waals surface area (Å²) in [6, 6.07) is 10.3. The van der Waals surface area contributed by atoms with Gasteiger partial charge in [0.15, 0.2) is 14.6 Å². The van der Waals surface area contributed by atoms with Crippen LogP contribution in [-0.2, 0) is 21.2 Å². The van der Waals surface area contributed by atoms with E-state index in [4.69, 9.17) is 11.6 Å². The van der Waals surface area contributed by atoms with Gasteiger partial charge in [-0.15, -0.1) is 0 Å². The van der Waals surface area contributed by atoms with Crippen LogP contribution in [-0.4, -0.2) is 24.6 Å². The van der Waals surface area contributed by atoms with E-state index in [9.17, 15) is 13.2 Å². The average Bonchev–Trinajstić information content (AvgIpc) is 2.99. The molecule has 3 aromatic rings. The number of benzene rings is 2. The number of amides is 1. The van der Waals surface area contributed by atoms with Crippen molar-refractivity contribution < 1.29 is 13.2 Å². The van der Waals surface area contributed by atoms with Gasteiger partial charge in [-0.3, -0.25) is 4.79 Å². The second-order valence-electron chi connectivity index (χ2n) is 6.94. The van der Waals surface area contributed by atoms with Gasteiger partial charge in [-0.05, 0) is 68.7 Å². The zero-order valence-electron chi connectivity index (χ0n) is 16.6. The average molecular weight is 451 g/mol. The monoisotopic (exact) mass is 450 g/mol. The summed E-state index contributed by atoms with van der Waals surface area (Å²) >= 11 is 7.30. The van der Waals surface area contributed by atoms with Crippen molar-refractivity contribution in [2.24, 2.45) is 4.99 Å². The molecular weight excluding hydrogens is 428 g/mol. The van der Waals surface area contributed by atoms with Gasteiger partial charge in [-0.1, -0.05) is 29.0 Å². The Bertz CT molecular complexity index is 1220. The Labute approximate surface area is 179 Å². The second kappa shape index (κ2) is 8.81. The van der Waals surface area contributed by atoms with Crippen molar-refractivity contribution in [1.82, 2.24) is 4.57 Å². The van der Waals surface area contributed by atoms with E-state index in [0.29, 0.717) is 16.4 Å². The highest BCUT2D eigenvalue weighted by Gasteiger charge is 2.15. The third kappa shape index (κ3) is 4.97. The maximum Gasteiger partial charge on any atom is 0.248 e. The van der Waals surface area contributed by atoms with Gasteiger partial charge >= 0.3 is 0 Å². The van der Waals surface area contributed by atoms with E-state index < -0.39 is 9.84 Å². The highest BCUT2D eigenvalue weighted by Crippen LogP contribution is 2.23. The molecule has 1 heterocycles. The molecule has 29 heavy (non-hydrogen) atoms. The normalized spacial score (nSPS) is 12.6. The van der Waals surface area contributed by atoms with E-state index in [-0.39, 0.29) is 29.4 Å². The Morgan fingerprint density at radius 3 is 2.52 bits per heavy atom. The third-order valence-electron chi connectivity index (χ3n) is 4.63. The minimum atomic E-state index is -3.44. The quantitative estimate of drug-likeness (QED) is 0.547. The number of sulfone groups is 1. The highest BCUT2D eigenvalue weighted by atomic mass is 35.5. The molecule has 0 fully saturated rings. The Morgan fingerprint density at radius 1 is 1.17 bits per heavy atom. The van der Waals surface area contributed by atoms with Crippen molar-refractivity contribution in [3.63, 3.8) is 0 Å². The van der Waals surface area contributed by atoms with Crippen LogP contribution in [0.15, 0.2) is 46.3 Å². The molecule has 154 valence electrons. The molecule has 0 aliphatic rings. The van der Waals surface area contributed by atoms with Crippen LogP contribution in [0.25, 0.3) is 10.2 Å². The molecule has 0 saturated carbocycles. The number of carbonyl (C=O) groups is 1. The fourth-order valence-electron chi connectivity index (χ4n) is 3.24. The van der Waals surface area contributed by atoms with Gasteiger partial charge in [-0.2, -0.15) is 4.99 Å². The Morgan fingerprint density at radius 2 is 1.86 bits per heavy atom. The summed E-state index contributed by atoms with van der Waals surface area (Å²) in [4.78, 5) is 17.5. The van der Waals surface area contributed by atoms with Gasteiger partial charge in [0, 0.05) is 18.0 Å². The van der Waals surface area contributed by atoms with Crippen LogP contribution in [0, 0.1) is 13.8 Å². The van der Waals surface area contributed by atoms with Crippen molar-refractivity contribution in [2.75, 3.05) is 5.75 Å². The number of carbonyl (C=O) groups excluding carboxylic acids is 1. The molecule has 8 heteroatoms. The first kappa shape index (κ1) is 21.7. The van der Waals surface area contributed by atoms with E-state index in [0.717, 1.165) is 15.8 Å². The zero-order chi connectivity index (χ0) is 21.2. The number of hydrogen-bond acceptors (Lipinski definition) is 4. The van der Waals surface area contributed by atoms with Crippen LogP contribution < -0.4 is 4.80 Å². The van der Waals surface area contributed by atoms with Gasteiger partial charge in [-0.25, -0.2) is 8.42 Å². The molecule has 1 aromatic heterocycles. The minimum absolute atomic E-state index is 0.0861. The summed E-state index contributed by atoms with van der Waals surface area (Å²) in [5, 5.41) is 0.482. The molecular formula is C21H23ClN2O3S2. The van der Waals surface area contributed by atoms with Crippen LogP contribution in [0.4, 0.5) is 0 Å². The molecule has 0 radical (unpaired) electrons. The molecule has 2 aromatic carbocycles. The molecule has 0 aliphatic heterocycles. The summed E-state index contributed by atoms with van der Waals surface area (Å²) in [5.41, 5.74) is 3.40. The first-order chi connectivity index (χ1) is 13.7. The smallest absolute Gasteiger partial charge is 0.248 e. The molecule has 5 nitrogen and oxygen atoms in total. The number of rotatable bonds is 6. The predicted octanol–water partition coefficient (Wildman–Crippen LogP) is 4.67. The first-order valence-corrected chi connectivity index (χ1v) is 12.2. The lowest BCUT2D eigenvalue weighted by Crippen LogP contribution is -2.16.